The Kier molecular flexibility index (Phi) is 13.0. The first kappa shape index (κ1) is 45.0. The largest absolute Gasteiger partial charge is 0.507 e. The number of carbonyl (C=O) groups is 2. The van der Waals surface area contributed by atoms with Crippen LogP contribution in [0.25, 0.3) is 68.3 Å². The molecule has 0 aliphatic heterocycles. The topological polar surface area (TPSA) is 189 Å². The number of carbonyl (C=O) groups excluding carboxylic acids is 2. The van der Waals surface area contributed by atoms with Crippen molar-refractivity contribution >= 4 is 11.9 Å². The van der Waals surface area contributed by atoms with E-state index in [1.807, 2.05) is 134 Å². The minimum atomic E-state index is -0.711. The standard InChI is InChI=1S/C56H46N6O8/c1-34-30-39-31-44(34)48(56(66)70-29-27-68-41-23-25-43(46(64)33-41)54-61-51(37-18-10-4-11-19-37)58-52(62-54)38-20-12-5-13-21-38)47(39)55(65)69-28-26-67-40-22-24-42(45(63)32-40)53-59-49(35-14-6-2-7-15-35)57-50(60-53)36-16-8-3-9-17-36/h2-25,30,32-33,39,44,47-48,63-64H,26-29,31H2,1H3. The fraction of sp³-hybridized carbons (Fsp3) is 0.179. The molecule has 70 heavy (non-hydrogen) atoms. The van der Waals surface area contributed by atoms with Crippen molar-refractivity contribution in [3.63, 3.8) is 0 Å². The summed E-state index contributed by atoms with van der Waals surface area (Å²) in [5, 5.41) is 22.3. The molecular weight excluding hydrogens is 885 g/mol. The van der Waals surface area contributed by atoms with E-state index in [-0.39, 0.29) is 49.8 Å². The summed E-state index contributed by atoms with van der Waals surface area (Å²) in [5.74, 6) is 0.218. The summed E-state index contributed by atoms with van der Waals surface area (Å²) in [7, 11) is 0. The molecule has 1 fully saturated rings. The van der Waals surface area contributed by atoms with Crippen molar-refractivity contribution in [2.24, 2.45) is 23.7 Å². The highest BCUT2D eigenvalue weighted by molar-refractivity contribution is 5.85. The van der Waals surface area contributed by atoms with Crippen LogP contribution in [0.5, 0.6) is 23.0 Å². The number of hydrogen-bond donors (Lipinski definition) is 2. The van der Waals surface area contributed by atoms with Crippen LogP contribution in [0.15, 0.2) is 169 Å². The van der Waals surface area contributed by atoms with Crippen LogP contribution in [0.1, 0.15) is 13.3 Å². The second-order valence-electron chi connectivity index (χ2n) is 16.9. The van der Waals surface area contributed by atoms with Crippen molar-refractivity contribution in [1.82, 2.24) is 29.9 Å². The van der Waals surface area contributed by atoms with Crippen LogP contribution in [-0.4, -0.2) is 78.5 Å². The van der Waals surface area contributed by atoms with Gasteiger partial charge < -0.3 is 29.2 Å². The molecule has 0 saturated heterocycles. The van der Waals surface area contributed by atoms with E-state index in [1.54, 1.807) is 24.3 Å². The summed E-state index contributed by atoms with van der Waals surface area (Å²) in [4.78, 5) is 55.4. The van der Waals surface area contributed by atoms with Gasteiger partial charge >= 0.3 is 11.9 Å². The van der Waals surface area contributed by atoms with Crippen molar-refractivity contribution < 1.29 is 38.7 Å². The average Bonchev–Trinajstić information content (AvgIpc) is 3.97. The normalized spacial score (nSPS) is 16.8. The molecule has 2 N–H and O–H groups in total. The van der Waals surface area contributed by atoms with Crippen LogP contribution in [0.2, 0.25) is 0 Å². The van der Waals surface area contributed by atoms with Crippen LogP contribution in [-0.2, 0) is 19.1 Å². The van der Waals surface area contributed by atoms with E-state index in [4.69, 9.17) is 48.9 Å². The molecular formula is C56H46N6O8. The smallest absolute Gasteiger partial charge is 0.310 e. The van der Waals surface area contributed by atoms with Gasteiger partial charge in [0, 0.05) is 34.4 Å². The predicted molar refractivity (Wildman–Crippen MR) is 261 cm³/mol. The van der Waals surface area contributed by atoms with Gasteiger partial charge in [-0.05, 0) is 49.4 Å². The lowest BCUT2D eigenvalue weighted by molar-refractivity contribution is -0.162. The number of ether oxygens (including phenoxy) is 4. The van der Waals surface area contributed by atoms with Gasteiger partial charge in [0.25, 0.3) is 0 Å². The number of benzene rings is 6. The highest BCUT2D eigenvalue weighted by Gasteiger charge is 2.55. The summed E-state index contributed by atoms with van der Waals surface area (Å²) in [6.07, 6.45) is 2.69. The number of hydrogen-bond acceptors (Lipinski definition) is 14. The van der Waals surface area contributed by atoms with Crippen LogP contribution < -0.4 is 9.47 Å². The van der Waals surface area contributed by atoms with Gasteiger partial charge in [0.2, 0.25) is 0 Å². The highest BCUT2D eigenvalue weighted by Crippen LogP contribution is 2.52. The molecule has 14 heteroatoms. The molecule has 6 aromatic carbocycles. The van der Waals surface area contributed by atoms with E-state index in [1.165, 1.54) is 12.1 Å². The van der Waals surface area contributed by atoms with Gasteiger partial charge in [-0.3, -0.25) is 9.59 Å². The van der Waals surface area contributed by atoms with E-state index >= 15 is 0 Å². The molecule has 0 spiro atoms. The van der Waals surface area contributed by atoms with E-state index in [9.17, 15) is 19.8 Å². The quantitative estimate of drug-likeness (QED) is 0.0529. The van der Waals surface area contributed by atoms with E-state index in [2.05, 4.69) is 0 Å². The van der Waals surface area contributed by atoms with Gasteiger partial charge in [-0.1, -0.05) is 133 Å². The van der Waals surface area contributed by atoms with E-state index in [0.29, 0.717) is 64.0 Å². The molecule has 4 atom stereocenters. The third kappa shape index (κ3) is 9.79. The summed E-state index contributed by atoms with van der Waals surface area (Å²) in [5.41, 5.74) is 5.04. The number of aromatic hydroxyl groups is 2. The van der Waals surface area contributed by atoms with Gasteiger partial charge in [0.15, 0.2) is 34.9 Å². The van der Waals surface area contributed by atoms with Crippen molar-refractivity contribution in [3.8, 4) is 91.3 Å². The van der Waals surface area contributed by atoms with Crippen LogP contribution in [0.4, 0.5) is 0 Å². The number of phenolic OH excluding ortho intramolecular Hbond substituents is 2. The molecule has 2 bridgehead atoms. The number of phenols is 2. The predicted octanol–water partition coefficient (Wildman–Crippen LogP) is 9.84. The molecule has 0 amide bonds. The van der Waals surface area contributed by atoms with E-state index in [0.717, 1.165) is 27.8 Å². The van der Waals surface area contributed by atoms with Crippen LogP contribution in [0, 0.1) is 23.7 Å². The van der Waals surface area contributed by atoms with Gasteiger partial charge in [0.05, 0.1) is 23.0 Å². The van der Waals surface area contributed by atoms with Gasteiger partial charge in [-0.15, -0.1) is 0 Å². The van der Waals surface area contributed by atoms with Gasteiger partial charge in [-0.25, -0.2) is 29.9 Å². The van der Waals surface area contributed by atoms with Crippen molar-refractivity contribution in [3.05, 3.63) is 169 Å². The van der Waals surface area contributed by atoms with Crippen molar-refractivity contribution in [2.45, 2.75) is 13.3 Å². The number of allylic oxidation sites excluding steroid dienone is 2. The zero-order valence-electron chi connectivity index (χ0n) is 38.0. The second kappa shape index (κ2) is 20.2. The van der Waals surface area contributed by atoms with E-state index < -0.39 is 23.8 Å². The molecule has 2 aliphatic rings. The summed E-state index contributed by atoms with van der Waals surface area (Å²) >= 11 is 0. The fourth-order valence-corrected chi connectivity index (χ4v) is 9.07. The Morgan fingerprint density at radius 2 is 0.829 bits per heavy atom. The van der Waals surface area contributed by atoms with Crippen LogP contribution in [0.3, 0.4) is 0 Å². The Morgan fingerprint density at radius 3 is 1.20 bits per heavy atom. The maximum absolute atomic E-state index is 13.6. The Hall–Kier alpha value is -8.78. The molecule has 2 aliphatic carbocycles. The summed E-state index contributed by atoms with van der Waals surface area (Å²) in [6.45, 7) is 1.81. The lowest BCUT2D eigenvalue weighted by atomic mass is 9.80. The Bertz CT molecular complexity index is 3080. The zero-order chi connectivity index (χ0) is 48.0. The molecule has 0 radical (unpaired) electrons. The Labute approximate surface area is 403 Å². The number of fused-ring (bicyclic) bond motifs is 2. The summed E-state index contributed by atoms with van der Waals surface area (Å²) < 4.78 is 23.2. The maximum Gasteiger partial charge on any atom is 0.310 e. The maximum atomic E-state index is 13.6. The third-order valence-electron chi connectivity index (χ3n) is 12.4. The SMILES string of the molecule is CC1=CC2CC1C(C(=O)OCCOc1ccc(-c3nc(-c4ccccc4)nc(-c4ccccc4)n3)c(O)c1)C2C(=O)OCCOc1ccc(-c2nc(-c3ccccc3)nc(-c3ccccc3)n2)c(O)c1. The average molecular weight is 931 g/mol. The first-order valence-electron chi connectivity index (χ1n) is 22.9. The number of esters is 2. The Morgan fingerprint density at radius 1 is 0.471 bits per heavy atom. The van der Waals surface area contributed by atoms with Gasteiger partial charge in [-0.2, -0.15) is 0 Å². The monoisotopic (exact) mass is 930 g/mol. The lowest BCUT2D eigenvalue weighted by Crippen LogP contribution is -2.37. The first-order valence-corrected chi connectivity index (χ1v) is 22.9. The molecule has 348 valence electrons. The van der Waals surface area contributed by atoms with Crippen molar-refractivity contribution in [1.29, 1.82) is 0 Å². The molecule has 8 aromatic rings. The zero-order valence-corrected chi connectivity index (χ0v) is 38.0. The number of aromatic nitrogens is 6. The molecule has 2 heterocycles. The fourth-order valence-electron chi connectivity index (χ4n) is 9.07. The molecule has 10 rings (SSSR count). The second-order valence-corrected chi connectivity index (χ2v) is 16.9. The highest BCUT2D eigenvalue weighted by atomic mass is 16.6. The first-order chi connectivity index (χ1) is 34.3. The molecule has 4 unspecified atom stereocenters. The number of rotatable bonds is 16. The third-order valence-corrected chi connectivity index (χ3v) is 12.4. The van der Waals surface area contributed by atoms with Crippen LogP contribution >= 0.6 is 0 Å². The molecule has 1 saturated carbocycles. The van der Waals surface area contributed by atoms with Gasteiger partial charge in [0.1, 0.15) is 49.4 Å². The summed E-state index contributed by atoms with van der Waals surface area (Å²) in [6, 6.07) is 47.8. The molecule has 14 nitrogen and oxygen atoms in total. The van der Waals surface area contributed by atoms with Crippen molar-refractivity contribution in [2.75, 3.05) is 26.4 Å². The Balaban J connectivity index is 0.738. The minimum absolute atomic E-state index is 0.00421. The number of nitrogens with zero attached hydrogens (tertiary/aromatic N) is 6. The molecule has 2 aromatic heterocycles. The lowest BCUT2D eigenvalue weighted by Gasteiger charge is -2.27. The minimum Gasteiger partial charge on any atom is -0.507 e.